The summed E-state index contributed by atoms with van der Waals surface area (Å²) in [4.78, 5) is 0.230. The van der Waals surface area contributed by atoms with Gasteiger partial charge in [-0.2, -0.15) is 5.10 Å². The summed E-state index contributed by atoms with van der Waals surface area (Å²) in [7, 11) is -1.85. The Hall–Kier alpha value is -1.92. The van der Waals surface area contributed by atoms with Crippen molar-refractivity contribution in [2.24, 2.45) is 7.05 Å². The van der Waals surface area contributed by atoms with Crippen LogP contribution in [0.5, 0.6) is 0 Å². The Labute approximate surface area is 143 Å². The third kappa shape index (κ3) is 3.94. The molecule has 6 heteroatoms. The van der Waals surface area contributed by atoms with E-state index in [1.165, 1.54) is 18.4 Å². The van der Waals surface area contributed by atoms with Gasteiger partial charge in [-0.15, -0.1) is 0 Å². The summed E-state index contributed by atoms with van der Waals surface area (Å²) in [6.45, 7) is 0.428. The van der Waals surface area contributed by atoms with Crippen molar-refractivity contribution in [1.82, 2.24) is 14.5 Å². The molecular formula is C18H23N3O2S. The van der Waals surface area contributed by atoms with Crippen molar-refractivity contribution in [1.29, 1.82) is 0 Å². The lowest BCUT2D eigenvalue weighted by molar-refractivity contribution is 0.579. The Kier molecular flexibility index (Phi) is 5.16. The van der Waals surface area contributed by atoms with Gasteiger partial charge in [0.1, 0.15) is 10.6 Å². The molecule has 1 N–H and O–H groups in total. The number of aryl methyl sites for hydroxylation is 1. The van der Waals surface area contributed by atoms with Crippen LogP contribution in [0, 0.1) is 0 Å². The highest BCUT2D eigenvalue weighted by Gasteiger charge is 2.22. The number of rotatable bonds is 6. The number of nitrogens with zero attached hydrogens (tertiary/aromatic N) is 2. The Morgan fingerprint density at radius 1 is 1.21 bits per heavy atom. The fourth-order valence-corrected chi connectivity index (χ4v) is 4.25. The number of hydrogen-bond donors (Lipinski definition) is 1. The van der Waals surface area contributed by atoms with E-state index < -0.39 is 10.0 Å². The highest BCUT2D eigenvalue weighted by Crippen LogP contribution is 2.25. The van der Waals surface area contributed by atoms with E-state index in [1.807, 2.05) is 30.3 Å². The second kappa shape index (κ2) is 7.32. The molecule has 1 aromatic carbocycles. The first-order valence-electron chi connectivity index (χ1n) is 8.33. The van der Waals surface area contributed by atoms with Crippen molar-refractivity contribution >= 4 is 10.0 Å². The summed E-state index contributed by atoms with van der Waals surface area (Å²) in [6, 6.07) is 9.39. The molecule has 1 heterocycles. The zero-order chi connectivity index (χ0) is 17.0. The lowest BCUT2D eigenvalue weighted by atomic mass is 9.97. The molecule has 0 saturated heterocycles. The van der Waals surface area contributed by atoms with Gasteiger partial charge in [0.2, 0.25) is 10.0 Å². The van der Waals surface area contributed by atoms with Crippen molar-refractivity contribution in [3.05, 3.63) is 48.2 Å². The largest absolute Gasteiger partial charge is 0.274 e. The van der Waals surface area contributed by atoms with Gasteiger partial charge in [0, 0.05) is 25.4 Å². The topological polar surface area (TPSA) is 64.0 Å². The smallest absolute Gasteiger partial charge is 0.244 e. The number of aromatic nitrogens is 2. The molecule has 0 bridgehead atoms. The van der Waals surface area contributed by atoms with Gasteiger partial charge in [-0.1, -0.05) is 42.0 Å². The molecule has 1 aromatic heterocycles. The molecule has 128 valence electrons. The molecule has 24 heavy (non-hydrogen) atoms. The van der Waals surface area contributed by atoms with Crippen LogP contribution < -0.4 is 4.72 Å². The predicted molar refractivity (Wildman–Crippen MR) is 95.0 cm³/mol. The number of nitrogens with one attached hydrogen (secondary N) is 1. The van der Waals surface area contributed by atoms with E-state index in [0.717, 1.165) is 24.8 Å². The lowest BCUT2D eigenvalue weighted by Gasteiger charge is -2.13. The molecule has 0 saturated carbocycles. The summed E-state index contributed by atoms with van der Waals surface area (Å²) in [5.74, 6) is 0. The maximum absolute atomic E-state index is 12.7. The molecule has 3 rings (SSSR count). The minimum Gasteiger partial charge on any atom is -0.274 e. The van der Waals surface area contributed by atoms with Crippen molar-refractivity contribution in [2.45, 2.75) is 37.0 Å². The van der Waals surface area contributed by atoms with Gasteiger partial charge in [-0.3, -0.25) is 4.68 Å². The molecule has 0 fully saturated rings. The van der Waals surface area contributed by atoms with Gasteiger partial charge in [-0.25, -0.2) is 13.1 Å². The van der Waals surface area contributed by atoms with Crippen LogP contribution in [0.25, 0.3) is 11.3 Å². The van der Waals surface area contributed by atoms with E-state index in [1.54, 1.807) is 17.9 Å². The zero-order valence-corrected chi connectivity index (χ0v) is 14.7. The highest BCUT2D eigenvalue weighted by molar-refractivity contribution is 7.89. The lowest BCUT2D eigenvalue weighted by Crippen LogP contribution is -2.25. The number of allylic oxidation sites excluding steroid dienone is 1. The van der Waals surface area contributed by atoms with Crippen LogP contribution in [-0.4, -0.2) is 24.7 Å². The van der Waals surface area contributed by atoms with Gasteiger partial charge in [-0.05, 0) is 32.1 Å². The summed E-state index contributed by atoms with van der Waals surface area (Å²) < 4.78 is 29.7. The molecule has 0 amide bonds. The maximum Gasteiger partial charge on any atom is 0.244 e. The molecule has 1 aliphatic carbocycles. The second-order valence-electron chi connectivity index (χ2n) is 6.14. The number of hydrogen-bond acceptors (Lipinski definition) is 3. The third-order valence-corrected chi connectivity index (χ3v) is 5.72. The summed E-state index contributed by atoms with van der Waals surface area (Å²) in [6.07, 6.45) is 9.24. The highest BCUT2D eigenvalue weighted by atomic mass is 32.2. The van der Waals surface area contributed by atoms with Crippen molar-refractivity contribution < 1.29 is 8.42 Å². The Balaban J connectivity index is 1.76. The SMILES string of the molecule is Cn1cc(S(=O)(=O)NCCC2=CCCCC2)c(-c2ccccc2)n1. The second-order valence-corrected chi connectivity index (χ2v) is 7.87. The van der Waals surface area contributed by atoms with Crippen LogP contribution in [0.3, 0.4) is 0 Å². The fourth-order valence-electron chi connectivity index (χ4n) is 3.01. The van der Waals surface area contributed by atoms with Gasteiger partial charge in [0.05, 0.1) is 0 Å². The van der Waals surface area contributed by atoms with Crippen LogP contribution in [-0.2, 0) is 17.1 Å². The molecule has 2 aromatic rings. The average molecular weight is 345 g/mol. The monoisotopic (exact) mass is 345 g/mol. The van der Waals surface area contributed by atoms with Gasteiger partial charge >= 0.3 is 0 Å². The first-order chi connectivity index (χ1) is 11.6. The van der Waals surface area contributed by atoms with Crippen molar-refractivity contribution in [3.63, 3.8) is 0 Å². The van der Waals surface area contributed by atoms with E-state index in [9.17, 15) is 8.42 Å². The first kappa shape index (κ1) is 16.9. The average Bonchev–Trinajstić information content (AvgIpc) is 2.99. The molecular weight excluding hydrogens is 322 g/mol. The van der Waals surface area contributed by atoms with Crippen LogP contribution in [0.1, 0.15) is 32.1 Å². The van der Waals surface area contributed by atoms with E-state index in [4.69, 9.17) is 0 Å². The van der Waals surface area contributed by atoms with Crippen LogP contribution in [0.15, 0.2) is 53.1 Å². The number of benzene rings is 1. The quantitative estimate of drug-likeness (QED) is 0.817. The normalized spacial score (nSPS) is 15.3. The molecule has 0 unspecified atom stereocenters. The van der Waals surface area contributed by atoms with Gasteiger partial charge in [0.25, 0.3) is 0 Å². The van der Waals surface area contributed by atoms with Crippen LogP contribution in [0.2, 0.25) is 0 Å². The maximum atomic E-state index is 12.7. The Bertz CT molecular complexity index is 823. The van der Waals surface area contributed by atoms with Gasteiger partial charge in [0.15, 0.2) is 0 Å². The summed E-state index contributed by atoms with van der Waals surface area (Å²) >= 11 is 0. The fraction of sp³-hybridized carbons (Fsp3) is 0.389. The van der Waals surface area contributed by atoms with Crippen LogP contribution in [0.4, 0.5) is 0 Å². The van der Waals surface area contributed by atoms with Gasteiger partial charge < -0.3 is 0 Å². The van der Waals surface area contributed by atoms with E-state index in [0.29, 0.717) is 12.2 Å². The molecule has 0 spiro atoms. The molecule has 0 atom stereocenters. The van der Waals surface area contributed by atoms with Crippen molar-refractivity contribution in [3.8, 4) is 11.3 Å². The molecule has 5 nitrogen and oxygen atoms in total. The molecule has 0 aliphatic heterocycles. The third-order valence-electron chi connectivity index (χ3n) is 4.26. The predicted octanol–water partition coefficient (Wildman–Crippen LogP) is 3.26. The molecule has 1 aliphatic rings. The Morgan fingerprint density at radius 2 is 2.00 bits per heavy atom. The Morgan fingerprint density at radius 3 is 2.71 bits per heavy atom. The number of sulfonamides is 1. The van der Waals surface area contributed by atoms with Crippen molar-refractivity contribution in [2.75, 3.05) is 6.54 Å². The minimum atomic E-state index is -3.58. The molecule has 0 radical (unpaired) electrons. The minimum absolute atomic E-state index is 0.230. The van der Waals surface area contributed by atoms with Crippen LogP contribution >= 0.6 is 0 Å². The summed E-state index contributed by atoms with van der Waals surface area (Å²) in [5.41, 5.74) is 2.65. The zero-order valence-electron chi connectivity index (χ0n) is 13.9. The first-order valence-corrected chi connectivity index (χ1v) is 9.81. The summed E-state index contributed by atoms with van der Waals surface area (Å²) in [5, 5.41) is 4.33. The van der Waals surface area contributed by atoms with E-state index in [2.05, 4.69) is 15.9 Å². The van der Waals surface area contributed by atoms with E-state index >= 15 is 0 Å². The van der Waals surface area contributed by atoms with E-state index in [-0.39, 0.29) is 4.90 Å². The standard InChI is InChI=1S/C18H23N3O2S/c1-21-14-17(18(20-21)16-10-6-3-7-11-16)24(22,23)19-13-12-15-8-4-2-5-9-15/h3,6-8,10-11,14,19H,2,4-5,9,12-13H2,1H3.